The molecule has 2 rings (SSSR count). The zero-order chi connectivity index (χ0) is 13.7. The summed E-state index contributed by atoms with van der Waals surface area (Å²) in [6, 6.07) is 10.6. The van der Waals surface area contributed by atoms with E-state index in [4.69, 9.17) is 0 Å². The van der Waals surface area contributed by atoms with Crippen molar-refractivity contribution in [2.45, 2.75) is 19.4 Å². The number of likely N-dealkylation sites (N-methyl/N-ethyl adjacent to an activating group) is 1. The number of hydrogen-bond donors (Lipinski definition) is 1. The van der Waals surface area contributed by atoms with E-state index in [1.807, 2.05) is 5.51 Å². The van der Waals surface area contributed by atoms with Crippen molar-refractivity contribution in [1.29, 1.82) is 0 Å². The fourth-order valence-electron chi connectivity index (χ4n) is 2.16. The first kappa shape index (κ1) is 14.6. The molecule has 0 saturated carbocycles. The van der Waals surface area contributed by atoms with Gasteiger partial charge in [0, 0.05) is 23.9 Å². The molecule has 0 N–H and O–H groups in total. The third-order valence-electron chi connectivity index (χ3n) is 3.28. The molecule has 0 fully saturated rings. The van der Waals surface area contributed by atoms with Gasteiger partial charge in [-0.2, -0.15) is 12.6 Å². The van der Waals surface area contributed by atoms with Gasteiger partial charge in [-0.1, -0.05) is 30.3 Å². The Morgan fingerprint density at radius 3 is 2.63 bits per heavy atom. The highest BCUT2D eigenvalue weighted by molar-refractivity contribution is 7.80. The van der Waals surface area contributed by atoms with E-state index in [2.05, 4.69) is 66.8 Å². The summed E-state index contributed by atoms with van der Waals surface area (Å²) in [6.45, 7) is 4.06. The normalized spacial score (nSPS) is 12.8. The van der Waals surface area contributed by atoms with Gasteiger partial charge < -0.3 is 4.90 Å². The fourth-order valence-corrected chi connectivity index (χ4v) is 3.34. The van der Waals surface area contributed by atoms with Gasteiger partial charge in [0.05, 0.1) is 11.2 Å². The Balaban J connectivity index is 1.97. The molecule has 2 nitrogen and oxygen atoms in total. The summed E-state index contributed by atoms with van der Waals surface area (Å²) in [4.78, 5) is 8.01. The van der Waals surface area contributed by atoms with Gasteiger partial charge in [-0.05, 0) is 25.3 Å². The maximum Gasteiger partial charge on any atom is 0.0798 e. The lowest BCUT2D eigenvalue weighted by atomic mass is 10.0. The minimum atomic E-state index is 0.475. The Labute approximate surface area is 124 Å². The minimum Gasteiger partial charge on any atom is -0.301 e. The monoisotopic (exact) mass is 292 g/mol. The van der Waals surface area contributed by atoms with Crippen molar-refractivity contribution in [2.75, 3.05) is 19.3 Å². The summed E-state index contributed by atoms with van der Waals surface area (Å²) >= 11 is 6.24. The lowest BCUT2D eigenvalue weighted by molar-refractivity contribution is 0.313. The summed E-state index contributed by atoms with van der Waals surface area (Å²) in [6.07, 6.45) is 0. The maximum atomic E-state index is 4.50. The molecule has 19 heavy (non-hydrogen) atoms. The third-order valence-corrected chi connectivity index (χ3v) is 4.64. The molecule has 1 atom stereocenters. The van der Waals surface area contributed by atoms with Gasteiger partial charge in [0.25, 0.3) is 0 Å². The van der Waals surface area contributed by atoms with E-state index in [0.29, 0.717) is 5.92 Å². The summed E-state index contributed by atoms with van der Waals surface area (Å²) in [5.41, 5.74) is 4.44. The Bertz CT molecular complexity index is 496. The summed E-state index contributed by atoms with van der Waals surface area (Å²) in [7, 11) is 2.17. The van der Waals surface area contributed by atoms with Crippen LogP contribution in [0.5, 0.6) is 0 Å². The van der Waals surface area contributed by atoms with Crippen LogP contribution < -0.4 is 0 Å². The number of nitrogens with zero attached hydrogens (tertiary/aromatic N) is 2. The molecule has 1 aromatic heterocycles. The highest BCUT2D eigenvalue weighted by Gasteiger charge is 2.13. The molecule has 0 radical (unpaired) electrons. The van der Waals surface area contributed by atoms with Crippen molar-refractivity contribution in [1.82, 2.24) is 9.88 Å². The van der Waals surface area contributed by atoms with Crippen molar-refractivity contribution in [3.8, 4) is 0 Å². The number of rotatable bonds is 6. The summed E-state index contributed by atoms with van der Waals surface area (Å²) in [5, 5.41) is 0. The Morgan fingerprint density at radius 2 is 2.05 bits per heavy atom. The van der Waals surface area contributed by atoms with E-state index in [9.17, 15) is 0 Å². The van der Waals surface area contributed by atoms with Gasteiger partial charge in [-0.15, -0.1) is 11.3 Å². The Hall–Kier alpha value is -0.840. The van der Waals surface area contributed by atoms with Crippen LogP contribution in [0.25, 0.3) is 0 Å². The number of thiol groups is 1. The van der Waals surface area contributed by atoms with Crippen LogP contribution in [-0.4, -0.2) is 29.2 Å². The zero-order valence-corrected chi connectivity index (χ0v) is 13.1. The first-order valence-electron chi connectivity index (χ1n) is 6.44. The molecule has 0 saturated heterocycles. The number of aryl methyl sites for hydroxylation is 1. The largest absolute Gasteiger partial charge is 0.301 e. The SMILES string of the molecule is Cc1ncsc1CN(C)CC(CS)c1ccccc1. The lowest BCUT2D eigenvalue weighted by Crippen LogP contribution is -2.25. The number of thiazole rings is 1. The molecule has 0 spiro atoms. The van der Waals surface area contributed by atoms with Gasteiger partial charge >= 0.3 is 0 Å². The van der Waals surface area contributed by atoms with E-state index in [1.165, 1.54) is 10.4 Å². The van der Waals surface area contributed by atoms with Crippen molar-refractivity contribution in [3.63, 3.8) is 0 Å². The van der Waals surface area contributed by atoms with Crippen molar-refractivity contribution < 1.29 is 0 Å². The third kappa shape index (κ3) is 4.06. The minimum absolute atomic E-state index is 0.475. The van der Waals surface area contributed by atoms with Crippen molar-refractivity contribution in [2.24, 2.45) is 0 Å². The van der Waals surface area contributed by atoms with E-state index >= 15 is 0 Å². The quantitative estimate of drug-likeness (QED) is 0.819. The van der Waals surface area contributed by atoms with E-state index in [0.717, 1.165) is 24.5 Å². The molecule has 4 heteroatoms. The molecule has 2 aromatic rings. The van der Waals surface area contributed by atoms with E-state index in [1.54, 1.807) is 11.3 Å². The second-order valence-electron chi connectivity index (χ2n) is 4.85. The highest BCUT2D eigenvalue weighted by Crippen LogP contribution is 2.20. The number of aromatic nitrogens is 1. The average molecular weight is 292 g/mol. The molecule has 0 aliphatic carbocycles. The van der Waals surface area contributed by atoms with E-state index in [-0.39, 0.29) is 0 Å². The molecule has 1 aromatic carbocycles. The van der Waals surface area contributed by atoms with Crippen molar-refractivity contribution >= 4 is 24.0 Å². The van der Waals surface area contributed by atoms with Crippen molar-refractivity contribution in [3.05, 3.63) is 52.0 Å². The molecular formula is C15H20N2S2. The van der Waals surface area contributed by atoms with Gasteiger partial charge in [0.1, 0.15) is 0 Å². The van der Waals surface area contributed by atoms with Crippen LogP contribution in [0.2, 0.25) is 0 Å². The molecule has 0 amide bonds. The van der Waals surface area contributed by atoms with Gasteiger partial charge in [0.15, 0.2) is 0 Å². The molecule has 0 aliphatic rings. The molecule has 1 unspecified atom stereocenters. The maximum absolute atomic E-state index is 4.50. The van der Waals surface area contributed by atoms with E-state index < -0.39 is 0 Å². The molecular weight excluding hydrogens is 272 g/mol. The second-order valence-corrected chi connectivity index (χ2v) is 6.15. The van der Waals surface area contributed by atoms with Gasteiger partial charge in [0.2, 0.25) is 0 Å². The first-order chi connectivity index (χ1) is 9.20. The van der Waals surface area contributed by atoms with Crippen LogP contribution in [0, 0.1) is 6.92 Å². The van der Waals surface area contributed by atoms with Crippen LogP contribution in [0.3, 0.4) is 0 Å². The van der Waals surface area contributed by atoms with Crippen LogP contribution in [0.15, 0.2) is 35.8 Å². The number of benzene rings is 1. The second kappa shape index (κ2) is 7.08. The zero-order valence-electron chi connectivity index (χ0n) is 11.4. The topological polar surface area (TPSA) is 16.1 Å². The van der Waals surface area contributed by atoms with Crippen LogP contribution in [-0.2, 0) is 6.54 Å². The molecule has 102 valence electrons. The lowest BCUT2D eigenvalue weighted by Gasteiger charge is -2.23. The van der Waals surface area contributed by atoms with Crippen LogP contribution in [0.4, 0.5) is 0 Å². The smallest absolute Gasteiger partial charge is 0.0798 e. The predicted octanol–water partition coefficient (Wildman–Crippen LogP) is 3.60. The summed E-state index contributed by atoms with van der Waals surface area (Å²) in [5.74, 6) is 1.35. The van der Waals surface area contributed by atoms with Gasteiger partial charge in [-0.25, -0.2) is 4.98 Å². The van der Waals surface area contributed by atoms with Gasteiger partial charge in [-0.3, -0.25) is 0 Å². The Kier molecular flexibility index (Phi) is 5.43. The highest BCUT2D eigenvalue weighted by atomic mass is 32.1. The average Bonchev–Trinajstić information content (AvgIpc) is 2.82. The number of hydrogen-bond acceptors (Lipinski definition) is 4. The van der Waals surface area contributed by atoms with Crippen LogP contribution >= 0.6 is 24.0 Å². The standard InChI is InChI=1S/C15H20N2S2/c1-12-15(19-11-16-12)9-17(2)8-14(10-18)13-6-4-3-5-7-13/h3-7,11,14,18H,8-10H2,1-2H3. The fraction of sp³-hybridized carbons (Fsp3) is 0.400. The predicted molar refractivity (Wildman–Crippen MR) is 86.2 cm³/mol. The molecule has 0 aliphatic heterocycles. The summed E-state index contributed by atoms with van der Waals surface area (Å²) < 4.78 is 0. The first-order valence-corrected chi connectivity index (χ1v) is 7.95. The van der Waals surface area contributed by atoms with Crippen LogP contribution in [0.1, 0.15) is 22.1 Å². The molecule has 0 bridgehead atoms. The molecule has 1 heterocycles. The Morgan fingerprint density at radius 1 is 1.32 bits per heavy atom.